The molecule has 0 N–H and O–H groups in total. The third-order valence-electron chi connectivity index (χ3n) is 5.14. The second kappa shape index (κ2) is 9.05. The second-order valence-electron chi connectivity index (χ2n) is 7.22. The Kier molecular flexibility index (Phi) is 6.05. The molecule has 0 aromatic heterocycles. The molecule has 1 aliphatic rings. The fraction of sp³-hybridized carbons (Fsp3) is 0.280. The number of hydrogen-bond acceptors (Lipinski definition) is 3. The van der Waals surface area contributed by atoms with Gasteiger partial charge in [0.15, 0.2) is 0 Å². The molecule has 1 fully saturated rings. The van der Waals surface area contributed by atoms with Crippen molar-refractivity contribution >= 4 is 0 Å². The van der Waals surface area contributed by atoms with Gasteiger partial charge in [0.1, 0.15) is 11.5 Å². The minimum Gasteiger partial charge on any atom is -0.457 e. The third kappa shape index (κ3) is 4.61. The van der Waals surface area contributed by atoms with Gasteiger partial charge >= 0.3 is 0 Å². The highest BCUT2D eigenvalue weighted by molar-refractivity contribution is 5.64. The predicted octanol–water partition coefficient (Wildman–Crippen LogP) is 5.93. The standard InChI is InChI=1S/C25H27NO2/c1-2-16-26-17-18-27-25(19-26)22-10-14-24(15-11-22)28-23-12-8-21(9-13-23)20-6-4-3-5-7-20/h3-15,25H,2,16-19H2,1H3. The lowest BCUT2D eigenvalue weighted by molar-refractivity contribution is -0.0298. The number of nitrogens with zero attached hydrogens (tertiary/aromatic N) is 1. The molecule has 3 aromatic rings. The molecule has 0 radical (unpaired) electrons. The monoisotopic (exact) mass is 373 g/mol. The van der Waals surface area contributed by atoms with Gasteiger partial charge in [0.25, 0.3) is 0 Å². The van der Waals surface area contributed by atoms with E-state index >= 15 is 0 Å². The van der Waals surface area contributed by atoms with Gasteiger partial charge in [-0.25, -0.2) is 0 Å². The topological polar surface area (TPSA) is 21.7 Å². The van der Waals surface area contributed by atoms with Crippen molar-refractivity contribution in [1.82, 2.24) is 4.90 Å². The Hall–Kier alpha value is -2.62. The van der Waals surface area contributed by atoms with Crippen molar-refractivity contribution in [2.45, 2.75) is 19.4 Å². The van der Waals surface area contributed by atoms with Crippen LogP contribution in [0.1, 0.15) is 25.0 Å². The van der Waals surface area contributed by atoms with E-state index in [1.54, 1.807) is 0 Å². The van der Waals surface area contributed by atoms with E-state index in [-0.39, 0.29) is 6.10 Å². The smallest absolute Gasteiger partial charge is 0.127 e. The molecular weight excluding hydrogens is 346 g/mol. The zero-order valence-corrected chi connectivity index (χ0v) is 16.4. The lowest BCUT2D eigenvalue weighted by Crippen LogP contribution is -2.38. The molecule has 0 spiro atoms. The molecule has 0 aliphatic carbocycles. The SMILES string of the molecule is CCCN1CCOC(c2ccc(Oc3ccc(-c4ccccc4)cc3)cc2)C1. The number of benzene rings is 3. The summed E-state index contributed by atoms with van der Waals surface area (Å²) >= 11 is 0. The number of ether oxygens (including phenoxy) is 2. The summed E-state index contributed by atoms with van der Waals surface area (Å²) in [5, 5.41) is 0. The first-order valence-corrected chi connectivity index (χ1v) is 10.1. The Morgan fingerprint density at radius 1 is 0.857 bits per heavy atom. The predicted molar refractivity (Wildman–Crippen MR) is 114 cm³/mol. The van der Waals surface area contributed by atoms with Gasteiger partial charge in [0.2, 0.25) is 0 Å². The first kappa shape index (κ1) is 18.7. The van der Waals surface area contributed by atoms with E-state index in [0.717, 1.165) is 37.7 Å². The van der Waals surface area contributed by atoms with E-state index in [4.69, 9.17) is 9.47 Å². The molecule has 3 heteroatoms. The van der Waals surface area contributed by atoms with Crippen LogP contribution in [-0.4, -0.2) is 31.1 Å². The minimum absolute atomic E-state index is 0.152. The fourth-order valence-corrected chi connectivity index (χ4v) is 3.66. The Morgan fingerprint density at radius 2 is 1.50 bits per heavy atom. The summed E-state index contributed by atoms with van der Waals surface area (Å²) in [5.41, 5.74) is 3.62. The first-order chi connectivity index (χ1) is 13.8. The second-order valence-corrected chi connectivity index (χ2v) is 7.22. The summed E-state index contributed by atoms with van der Waals surface area (Å²) in [7, 11) is 0. The van der Waals surface area contributed by atoms with Crippen LogP contribution in [0.15, 0.2) is 78.9 Å². The highest BCUT2D eigenvalue weighted by atomic mass is 16.5. The lowest BCUT2D eigenvalue weighted by atomic mass is 10.1. The van der Waals surface area contributed by atoms with E-state index < -0.39 is 0 Å². The molecule has 28 heavy (non-hydrogen) atoms. The minimum atomic E-state index is 0.152. The molecule has 3 aromatic carbocycles. The Bertz CT molecular complexity index is 857. The van der Waals surface area contributed by atoms with E-state index in [2.05, 4.69) is 60.4 Å². The van der Waals surface area contributed by atoms with Gasteiger partial charge < -0.3 is 9.47 Å². The first-order valence-electron chi connectivity index (χ1n) is 10.1. The highest BCUT2D eigenvalue weighted by Gasteiger charge is 2.21. The zero-order chi connectivity index (χ0) is 19.2. The van der Waals surface area contributed by atoms with Crippen LogP contribution in [0, 0.1) is 0 Å². The molecule has 0 saturated carbocycles. The molecule has 1 saturated heterocycles. The molecule has 144 valence electrons. The van der Waals surface area contributed by atoms with Gasteiger partial charge in [-0.2, -0.15) is 0 Å². The Morgan fingerprint density at radius 3 is 2.18 bits per heavy atom. The average Bonchev–Trinajstić information content (AvgIpc) is 2.76. The van der Waals surface area contributed by atoms with Crippen LogP contribution >= 0.6 is 0 Å². The van der Waals surface area contributed by atoms with Crippen LogP contribution in [0.3, 0.4) is 0 Å². The molecule has 0 amide bonds. The summed E-state index contributed by atoms with van der Waals surface area (Å²) in [6.07, 6.45) is 1.34. The maximum absolute atomic E-state index is 6.02. The molecule has 1 atom stereocenters. The van der Waals surface area contributed by atoms with Gasteiger partial charge in [-0.1, -0.05) is 61.5 Å². The highest BCUT2D eigenvalue weighted by Crippen LogP contribution is 2.28. The number of morpholine rings is 1. The third-order valence-corrected chi connectivity index (χ3v) is 5.14. The molecular formula is C25H27NO2. The van der Waals surface area contributed by atoms with Crippen LogP contribution in [0.2, 0.25) is 0 Å². The number of rotatable bonds is 6. The summed E-state index contributed by atoms with van der Waals surface area (Å²) in [6.45, 7) is 6.17. The van der Waals surface area contributed by atoms with Crippen LogP contribution < -0.4 is 4.74 Å². The van der Waals surface area contributed by atoms with E-state index in [1.165, 1.54) is 23.1 Å². The molecule has 1 heterocycles. The van der Waals surface area contributed by atoms with Crippen molar-refractivity contribution in [2.24, 2.45) is 0 Å². The Labute approximate surface area is 167 Å². The molecule has 4 rings (SSSR count). The van der Waals surface area contributed by atoms with Crippen molar-refractivity contribution in [3.8, 4) is 22.6 Å². The van der Waals surface area contributed by atoms with Crippen LogP contribution in [0.25, 0.3) is 11.1 Å². The van der Waals surface area contributed by atoms with Gasteiger partial charge in [-0.15, -0.1) is 0 Å². The molecule has 1 unspecified atom stereocenters. The maximum atomic E-state index is 6.02. The van der Waals surface area contributed by atoms with Crippen molar-refractivity contribution in [3.63, 3.8) is 0 Å². The van der Waals surface area contributed by atoms with E-state index in [9.17, 15) is 0 Å². The fourth-order valence-electron chi connectivity index (χ4n) is 3.66. The summed E-state index contributed by atoms with van der Waals surface area (Å²) < 4.78 is 12.0. The molecule has 3 nitrogen and oxygen atoms in total. The molecule has 1 aliphatic heterocycles. The van der Waals surface area contributed by atoms with Crippen molar-refractivity contribution in [2.75, 3.05) is 26.2 Å². The quantitative estimate of drug-likeness (QED) is 0.534. The van der Waals surface area contributed by atoms with Crippen LogP contribution in [-0.2, 0) is 4.74 Å². The van der Waals surface area contributed by atoms with Gasteiger partial charge in [-0.05, 0) is 53.9 Å². The van der Waals surface area contributed by atoms with Gasteiger partial charge in [-0.3, -0.25) is 4.90 Å². The summed E-state index contributed by atoms with van der Waals surface area (Å²) in [5.74, 6) is 1.69. The zero-order valence-electron chi connectivity index (χ0n) is 16.4. The summed E-state index contributed by atoms with van der Waals surface area (Å²) in [6, 6.07) is 26.9. The van der Waals surface area contributed by atoms with Crippen molar-refractivity contribution < 1.29 is 9.47 Å². The Balaban J connectivity index is 1.39. The van der Waals surface area contributed by atoms with Crippen molar-refractivity contribution in [3.05, 3.63) is 84.4 Å². The summed E-state index contributed by atoms with van der Waals surface area (Å²) in [4.78, 5) is 2.48. The maximum Gasteiger partial charge on any atom is 0.127 e. The largest absolute Gasteiger partial charge is 0.457 e. The molecule has 0 bridgehead atoms. The average molecular weight is 373 g/mol. The van der Waals surface area contributed by atoms with E-state index in [1.807, 2.05) is 30.3 Å². The van der Waals surface area contributed by atoms with Crippen LogP contribution in [0.5, 0.6) is 11.5 Å². The van der Waals surface area contributed by atoms with E-state index in [0.29, 0.717) is 0 Å². The number of hydrogen-bond donors (Lipinski definition) is 0. The van der Waals surface area contributed by atoms with Crippen molar-refractivity contribution in [1.29, 1.82) is 0 Å². The van der Waals surface area contributed by atoms with Gasteiger partial charge in [0, 0.05) is 13.1 Å². The normalized spacial score (nSPS) is 17.4. The van der Waals surface area contributed by atoms with Crippen LogP contribution in [0.4, 0.5) is 0 Å². The van der Waals surface area contributed by atoms with Gasteiger partial charge in [0.05, 0.1) is 12.7 Å². The lowest BCUT2D eigenvalue weighted by Gasteiger charge is -2.33.